The molecule has 21 heavy (non-hydrogen) atoms. The van der Waals surface area contributed by atoms with Crippen LogP contribution in [0, 0.1) is 17.8 Å². The molecule has 4 atom stereocenters. The van der Waals surface area contributed by atoms with Gasteiger partial charge in [0.15, 0.2) is 0 Å². The van der Waals surface area contributed by atoms with Gasteiger partial charge in [0.25, 0.3) is 5.91 Å². The molecule has 2 N–H and O–H groups in total. The second-order valence-electron chi connectivity index (χ2n) is 6.48. The highest BCUT2D eigenvalue weighted by Crippen LogP contribution is 2.48. The van der Waals surface area contributed by atoms with E-state index in [2.05, 4.69) is 10.3 Å². The van der Waals surface area contributed by atoms with Crippen LogP contribution in [-0.2, 0) is 0 Å². The van der Waals surface area contributed by atoms with Crippen molar-refractivity contribution in [3.63, 3.8) is 0 Å². The molecule has 1 heterocycles. The van der Waals surface area contributed by atoms with Crippen molar-refractivity contribution < 1.29 is 9.90 Å². The molecule has 2 aliphatic carbocycles. The lowest BCUT2D eigenvalue weighted by Gasteiger charge is -2.30. The van der Waals surface area contributed by atoms with E-state index >= 15 is 0 Å². The molecule has 1 aromatic heterocycles. The summed E-state index contributed by atoms with van der Waals surface area (Å²) in [4.78, 5) is 18.6. The third-order valence-corrected chi connectivity index (χ3v) is 5.06. The Morgan fingerprint density at radius 3 is 2.90 bits per heavy atom. The number of carbonyl (C=O) groups excluding carboxylic acids is 1. The van der Waals surface area contributed by atoms with Gasteiger partial charge in [0, 0.05) is 44.4 Å². The molecular formula is C16H23N3O2. The minimum Gasteiger partial charge on any atom is -0.396 e. The summed E-state index contributed by atoms with van der Waals surface area (Å²) >= 11 is 0. The van der Waals surface area contributed by atoms with Crippen LogP contribution in [0.5, 0.6) is 0 Å². The van der Waals surface area contributed by atoms with Gasteiger partial charge >= 0.3 is 0 Å². The van der Waals surface area contributed by atoms with Crippen molar-refractivity contribution in [2.45, 2.75) is 25.3 Å². The van der Waals surface area contributed by atoms with Gasteiger partial charge in [-0.2, -0.15) is 0 Å². The van der Waals surface area contributed by atoms with Crippen molar-refractivity contribution in [2.24, 2.45) is 17.8 Å². The quantitative estimate of drug-likeness (QED) is 0.876. The predicted molar refractivity (Wildman–Crippen MR) is 81.2 cm³/mol. The van der Waals surface area contributed by atoms with E-state index in [0.717, 1.165) is 12.2 Å². The number of amides is 1. The Morgan fingerprint density at radius 2 is 2.19 bits per heavy atom. The lowest BCUT2D eigenvalue weighted by atomic mass is 9.85. The van der Waals surface area contributed by atoms with E-state index in [0.29, 0.717) is 17.4 Å². The topological polar surface area (TPSA) is 65.5 Å². The fraction of sp³-hybridized carbons (Fsp3) is 0.625. The van der Waals surface area contributed by atoms with Crippen LogP contribution in [-0.4, -0.2) is 42.7 Å². The van der Waals surface area contributed by atoms with Crippen LogP contribution in [0.25, 0.3) is 0 Å². The van der Waals surface area contributed by atoms with E-state index in [1.807, 2.05) is 19.0 Å². The highest BCUT2D eigenvalue weighted by Gasteiger charge is 2.47. The molecule has 2 saturated carbocycles. The van der Waals surface area contributed by atoms with Crippen LogP contribution >= 0.6 is 0 Å². The average Bonchev–Trinajstić information content (AvgIpc) is 3.08. The van der Waals surface area contributed by atoms with Crippen LogP contribution < -0.4 is 10.2 Å². The summed E-state index contributed by atoms with van der Waals surface area (Å²) in [6, 6.07) is 3.66. The van der Waals surface area contributed by atoms with Crippen LogP contribution in [0.1, 0.15) is 29.6 Å². The van der Waals surface area contributed by atoms with E-state index in [9.17, 15) is 9.90 Å². The number of aliphatic hydroxyl groups excluding tert-OH is 1. The third-order valence-electron chi connectivity index (χ3n) is 5.06. The number of fused-ring (bicyclic) bond motifs is 2. The number of anilines is 1. The molecule has 1 aromatic rings. The first-order valence-electron chi connectivity index (χ1n) is 7.65. The maximum atomic E-state index is 12.5. The number of hydrogen-bond donors (Lipinski definition) is 2. The minimum atomic E-state index is -0.0588. The predicted octanol–water partition coefficient (Wildman–Crippen LogP) is 1.28. The van der Waals surface area contributed by atoms with Gasteiger partial charge in [0.1, 0.15) is 5.82 Å². The second-order valence-corrected chi connectivity index (χ2v) is 6.48. The van der Waals surface area contributed by atoms with Gasteiger partial charge in [0.05, 0.1) is 0 Å². The number of nitrogens with one attached hydrogen (secondary N) is 1. The zero-order valence-corrected chi connectivity index (χ0v) is 12.6. The van der Waals surface area contributed by atoms with Gasteiger partial charge in [-0.25, -0.2) is 4.98 Å². The number of pyridine rings is 1. The van der Waals surface area contributed by atoms with Crippen molar-refractivity contribution in [3.8, 4) is 0 Å². The smallest absolute Gasteiger partial charge is 0.251 e. The highest BCUT2D eigenvalue weighted by molar-refractivity contribution is 5.95. The Hall–Kier alpha value is -1.62. The molecule has 2 fully saturated rings. The van der Waals surface area contributed by atoms with Gasteiger partial charge < -0.3 is 15.3 Å². The summed E-state index contributed by atoms with van der Waals surface area (Å²) in [5, 5.41) is 12.7. The molecule has 1 amide bonds. The first-order valence-corrected chi connectivity index (χ1v) is 7.65. The molecule has 0 spiro atoms. The maximum Gasteiger partial charge on any atom is 0.251 e. The zero-order chi connectivity index (χ0) is 15.0. The molecule has 0 aliphatic heterocycles. The van der Waals surface area contributed by atoms with E-state index < -0.39 is 0 Å². The molecule has 0 saturated heterocycles. The number of carbonyl (C=O) groups is 1. The standard InChI is InChI=1S/C16H23N3O2/c1-19(2)14-8-12(5-6-17-14)16(21)18-15-11-4-3-10(7-11)13(15)9-20/h5-6,8,10-11,13,15,20H,3-4,7,9H2,1-2H3,(H,18,21). The van der Waals surface area contributed by atoms with Crippen LogP contribution in [0.15, 0.2) is 18.3 Å². The van der Waals surface area contributed by atoms with Crippen molar-refractivity contribution in [1.29, 1.82) is 0 Å². The lowest BCUT2D eigenvalue weighted by molar-refractivity contribution is 0.0861. The van der Waals surface area contributed by atoms with E-state index in [-0.39, 0.29) is 24.5 Å². The van der Waals surface area contributed by atoms with Gasteiger partial charge in [0.2, 0.25) is 0 Å². The number of aromatic nitrogens is 1. The van der Waals surface area contributed by atoms with E-state index in [1.54, 1.807) is 18.3 Å². The van der Waals surface area contributed by atoms with Gasteiger partial charge in [-0.3, -0.25) is 4.79 Å². The fourth-order valence-corrected chi connectivity index (χ4v) is 3.94. The molecule has 0 radical (unpaired) electrons. The van der Waals surface area contributed by atoms with Gasteiger partial charge in [-0.1, -0.05) is 0 Å². The van der Waals surface area contributed by atoms with Gasteiger partial charge in [-0.05, 0) is 43.2 Å². The third kappa shape index (κ3) is 2.62. The van der Waals surface area contributed by atoms with Crippen molar-refractivity contribution in [2.75, 3.05) is 25.6 Å². The summed E-state index contributed by atoms with van der Waals surface area (Å²) < 4.78 is 0. The molecule has 0 aromatic carbocycles. The minimum absolute atomic E-state index is 0.0588. The van der Waals surface area contributed by atoms with Crippen LogP contribution in [0.2, 0.25) is 0 Å². The lowest BCUT2D eigenvalue weighted by Crippen LogP contribution is -2.45. The number of nitrogens with zero attached hydrogens (tertiary/aromatic N) is 2. The molecule has 2 aliphatic rings. The molecule has 5 nitrogen and oxygen atoms in total. The fourth-order valence-electron chi connectivity index (χ4n) is 3.94. The van der Waals surface area contributed by atoms with Gasteiger partial charge in [-0.15, -0.1) is 0 Å². The Kier molecular flexibility index (Phi) is 3.85. The number of aliphatic hydroxyl groups is 1. The van der Waals surface area contributed by atoms with Crippen LogP contribution in [0.3, 0.4) is 0 Å². The summed E-state index contributed by atoms with van der Waals surface area (Å²) in [6.07, 6.45) is 5.18. The molecule has 114 valence electrons. The Labute approximate surface area is 125 Å². The Balaban J connectivity index is 1.73. The maximum absolute atomic E-state index is 12.5. The first kappa shape index (κ1) is 14.3. The van der Waals surface area contributed by atoms with E-state index in [4.69, 9.17) is 0 Å². The second kappa shape index (κ2) is 5.64. The normalized spacial score (nSPS) is 30.4. The largest absolute Gasteiger partial charge is 0.396 e. The summed E-state index contributed by atoms with van der Waals surface area (Å²) in [5.74, 6) is 2.06. The van der Waals surface area contributed by atoms with Crippen molar-refractivity contribution >= 4 is 11.7 Å². The molecule has 4 unspecified atom stereocenters. The average molecular weight is 289 g/mol. The molecular weight excluding hydrogens is 266 g/mol. The zero-order valence-electron chi connectivity index (χ0n) is 12.6. The monoisotopic (exact) mass is 289 g/mol. The molecule has 3 rings (SSSR count). The van der Waals surface area contributed by atoms with Crippen LogP contribution in [0.4, 0.5) is 5.82 Å². The molecule has 5 heteroatoms. The van der Waals surface area contributed by atoms with Crippen molar-refractivity contribution in [1.82, 2.24) is 10.3 Å². The Morgan fingerprint density at radius 1 is 1.43 bits per heavy atom. The number of hydrogen-bond acceptors (Lipinski definition) is 4. The first-order chi connectivity index (χ1) is 10.1. The highest BCUT2D eigenvalue weighted by atomic mass is 16.3. The summed E-state index contributed by atoms with van der Waals surface area (Å²) in [6.45, 7) is 0.172. The summed E-state index contributed by atoms with van der Waals surface area (Å²) in [5.41, 5.74) is 0.633. The number of rotatable bonds is 4. The Bertz CT molecular complexity index is 532. The summed E-state index contributed by atoms with van der Waals surface area (Å²) in [7, 11) is 3.81. The van der Waals surface area contributed by atoms with E-state index in [1.165, 1.54) is 12.8 Å². The SMILES string of the molecule is CN(C)c1cc(C(=O)NC2C3CCC(C3)C2CO)ccn1. The van der Waals surface area contributed by atoms with Crippen molar-refractivity contribution in [3.05, 3.63) is 23.9 Å². The molecule has 2 bridgehead atoms.